The predicted molar refractivity (Wildman–Crippen MR) is 48.1 cm³/mol. The summed E-state index contributed by atoms with van der Waals surface area (Å²) < 4.78 is 9.84. The van der Waals surface area contributed by atoms with Crippen molar-refractivity contribution in [1.82, 2.24) is 0 Å². The summed E-state index contributed by atoms with van der Waals surface area (Å²) in [4.78, 5) is 0. The molecule has 0 radical (unpaired) electrons. The van der Waals surface area contributed by atoms with E-state index in [4.69, 9.17) is 9.47 Å². The van der Waals surface area contributed by atoms with Crippen molar-refractivity contribution in [2.24, 2.45) is 0 Å². The van der Waals surface area contributed by atoms with Gasteiger partial charge < -0.3 is 9.47 Å². The van der Waals surface area contributed by atoms with Gasteiger partial charge >= 0.3 is 0 Å². The van der Waals surface area contributed by atoms with Crippen molar-refractivity contribution in [1.29, 1.82) is 0 Å². The van der Waals surface area contributed by atoms with Gasteiger partial charge in [0.2, 0.25) is 6.79 Å². The molecule has 0 fully saturated rings. The lowest BCUT2D eigenvalue weighted by Gasteiger charge is -1.87. The van der Waals surface area contributed by atoms with Gasteiger partial charge in [-0.05, 0) is 13.8 Å². The van der Waals surface area contributed by atoms with Crippen molar-refractivity contribution in [2.45, 2.75) is 41.5 Å². The van der Waals surface area contributed by atoms with Crippen LogP contribution in [0, 0.1) is 0 Å². The summed E-state index contributed by atoms with van der Waals surface area (Å²) in [6.07, 6.45) is 0. The number of ether oxygens (including phenoxy) is 2. The predicted octanol–water partition coefficient (Wildman–Crippen LogP) is 3.29. The molecule has 0 amide bonds. The van der Waals surface area contributed by atoms with Crippen LogP contribution in [-0.4, -0.2) is 6.79 Å². The number of hydrogen-bond acceptors (Lipinski definition) is 2. The maximum atomic E-state index is 4.92. The molecule has 0 bridgehead atoms. The Morgan fingerprint density at radius 2 is 1.09 bits per heavy atom. The second kappa shape index (κ2) is 9.34. The highest BCUT2D eigenvalue weighted by molar-refractivity contribution is 4.97. The molecule has 2 nitrogen and oxygen atoms in total. The van der Waals surface area contributed by atoms with Gasteiger partial charge in [0.25, 0.3) is 0 Å². The topological polar surface area (TPSA) is 18.5 Å². The van der Waals surface area contributed by atoms with Crippen molar-refractivity contribution in [3.8, 4) is 0 Å². The van der Waals surface area contributed by atoms with E-state index in [2.05, 4.69) is 0 Å². The largest absolute Gasteiger partial charge is 0.459 e. The first-order chi connectivity index (χ1) is 5.30. The first kappa shape index (κ1) is 13.0. The van der Waals surface area contributed by atoms with E-state index in [0.717, 1.165) is 11.5 Å². The second-order valence-corrected chi connectivity index (χ2v) is 1.52. The fourth-order valence-corrected chi connectivity index (χ4v) is 0.410. The molecule has 1 rings (SSSR count). The molecule has 0 saturated carbocycles. The molecule has 0 spiro atoms. The molecule has 11 heavy (non-hydrogen) atoms. The van der Waals surface area contributed by atoms with Crippen LogP contribution in [0.1, 0.15) is 41.5 Å². The zero-order valence-electron chi connectivity index (χ0n) is 8.52. The van der Waals surface area contributed by atoms with Crippen molar-refractivity contribution in [2.75, 3.05) is 6.79 Å². The van der Waals surface area contributed by atoms with Crippen LogP contribution in [0.4, 0.5) is 0 Å². The van der Waals surface area contributed by atoms with E-state index in [0.29, 0.717) is 6.79 Å². The van der Waals surface area contributed by atoms with Crippen molar-refractivity contribution >= 4 is 0 Å². The third-order valence-corrected chi connectivity index (χ3v) is 1.05. The van der Waals surface area contributed by atoms with Crippen molar-refractivity contribution in [3.05, 3.63) is 11.5 Å². The summed E-state index contributed by atoms with van der Waals surface area (Å²) in [6, 6.07) is 0. The average Bonchev–Trinajstić information content (AvgIpc) is 2.44. The van der Waals surface area contributed by atoms with E-state index in [1.807, 2.05) is 41.5 Å². The Balaban J connectivity index is 0. The van der Waals surface area contributed by atoms with Gasteiger partial charge in [-0.1, -0.05) is 27.7 Å². The van der Waals surface area contributed by atoms with Crippen LogP contribution >= 0.6 is 0 Å². The highest BCUT2D eigenvalue weighted by Crippen LogP contribution is 2.12. The zero-order valence-corrected chi connectivity index (χ0v) is 8.52. The first-order valence-electron chi connectivity index (χ1n) is 4.24. The molecule has 0 aromatic heterocycles. The molecule has 0 aromatic carbocycles. The lowest BCUT2D eigenvalue weighted by Crippen LogP contribution is -1.79. The standard InChI is InChI=1S/C5H8O2.2C2H6/c1-4-5(2)7-3-6-4;2*1-2/h3H2,1-2H3;2*1-2H3. The molecule has 0 atom stereocenters. The lowest BCUT2D eigenvalue weighted by atomic mass is 10.5. The van der Waals surface area contributed by atoms with Crippen LogP contribution in [0.5, 0.6) is 0 Å². The van der Waals surface area contributed by atoms with Gasteiger partial charge in [0.05, 0.1) is 0 Å². The van der Waals surface area contributed by atoms with E-state index in [1.54, 1.807) is 0 Å². The van der Waals surface area contributed by atoms with Crippen LogP contribution < -0.4 is 0 Å². The molecule has 0 aliphatic carbocycles. The summed E-state index contributed by atoms with van der Waals surface area (Å²) in [5.74, 6) is 1.81. The van der Waals surface area contributed by atoms with E-state index < -0.39 is 0 Å². The third kappa shape index (κ3) is 5.77. The van der Waals surface area contributed by atoms with Gasteiger partial charge in [0.15, 0.2) is 0 Å². The Bertz CT molecular complexity index is 94.1. The van der Waals surface area contributed by atoms with Gasteiger partial charge in [-0.3, -0.25) is 0 Å². The van der Waals surface area contributed by atoms with Gasteiger partial charge in [0.1, 0.15) is 11.5 Å². The van der Waals surface area contributed by atoms with E-state index in [9.17, 15) is 0 Å². The number of rotatable bonds is 0. The summed E-state index contributed by atoms with van der Waals surface area (Å²) in [5, 5.41) is 0. The Labute approximate surface area is 70.2 Å². The highest BCUT2D eigenvalue weighted by atomic mass is 16.7. The molecule has 1 aliphatic heterocycles. The summed E-state index contributed by atoms with van der Waals surface area (Å²) in [5.41, 5.74) is 0. The zero-order chi connectivity index (χ0) is 9.28. The second-order valence-electron chi connectivity index (χ2n) is 1.52. The minimum atomic E-state index is 0.400. The monoisotopic (exact) mass is 160 g/mol. The normalized spacial score (nSPS) is 13.3. The molecule has 0 N–H and O–H groups in total. The van der Waals surface area contributed by atoms with Gasteiger partial charge in [-0.2, -0.15) is 0 Å². The summed E-state index contributed by atoms with van der Waals surface area (Å²) >= 11 is 0. The minimum Gasteiger partial charge on any atom is -0.459 e. The van der Waals surface area contributed by atoms with Crippen LogP contribution in [0.15, 0.2) is 11.5 Å². The van der Waals surface area contributed by atoms with E-state index in [1.165, 1.54) is 0 Å². The Kier molecular flexibility index (Phi) is 11.0. The molecule has 2 heteroatoms. The van der Waals surface area contributed by atoms with Gasteiger partial charge in [-0.25, -0.2) is 0 Å². The van der Waals surface area contributed by atoms with Gasteiger partial charge in [-0.15, -0.1) is 0 Å². The molecule has 1 heterocycles. The van der Waals surface area contributed by atoms with E-state index >= 15 is 0 Å². The fourth-order valence-electron chi connectivity index (χ4n) is 0.410. The van der Waals surface area contributed by atoms with Gasteiger partial charge in [0, 0.05) is 0 Å². The molecular weight excluding hydrogens is 140 g/mol. The minimum absolute atomic E-state index is 0.400. The number of allylic oxidation sites excluding steroid dienone is 2. The van der Waals surface area contributed by atoms with Crippen LogP contribution in [0.2, 0.25) is 0 Å². The first-order valence-corrected chi connectivity index (χ1v) is 4.24. The SMILES string of the molecule is CC.CC.CC1=C(C)OCO1. The lowest BCUT2D eigenvalue weighted by molar-refractivity contribution is 0.0724. The Morgan fingerprint density at radius 1 is 0.818 bits per heavy atom. The molecule has 0 unspecified atom stereocenters. The maximum Gasteiger partial charge on any atom is 0.230 e. The van der Waals surface area contributed by atoms with Crippen molar-refractivity contribution in [3.63, 3.8) is 0 Å². The molecule has 0 aromatic rings. The van der Waals surface area contributed by atoms with E-state index in [-0.39, 0.29) is 0 Å². The van der Waals surface area contributed by atoms with Crippen LogP contribution in [0.25, 0.3) is 0 Å². The number of hydrogen-bond donors (Lipinski definition) is 0. The summed E-state index contributed by atoms with van der Waals surface area (Å²) in [6.45, 7) is 12.2. The van der Waals surface area contributed by atoms with Crippen LogP contribution in [0.3, 0.4) is 0 Å². The van der Waals surface area contributed by atoms with Crippen molar-refractivity contribution < 1.29 is 9.47 Å². The average molecular weight is 160 g/mol. The molecular formula is C9H20O2. The Morgan fingerprint density at radius 3 is 1.18 bits per heavy atom. The highest BCUT2D eigenvalue weighted by Gasteiger charge is 2.05. The smallest absolute Gasteiger partial charge is 0.230 e. The molecule has 0 saturated heterocycles. The maximum absolute atomic E-state index is 4.92. The fraction of sp³-hybridized carbons (Fsp3) is 0.778. The third-order valence-electron chi connectivity index (χ3n) is 1.05. The van der Waals surface area contributed by atoms with Crippen LogP contribution in [-0.2, 0) is 9.47 Å². The molecule has 1 aliphatic rings. The Hall–Kier alpha value is -0.660. The summed E-state index contributed by atoms with van der Waals surface area (Å²) in [7, 11) is 0. The molecule has 68 valence electrons. The quantitative estimate of drug-likeness (QED) is 0.541.